The summed E-state index contributed by atoms with van der Waals surface area (Å²) in [5.41, 5.74) is 5.73. The molecule has 0 saturated carbocycles. The second-order valence-electron chi connectivity index (χ2n) is 6.28. The Kier molecular flexibility index (Phi) is 5.89. The van der Waals surface area contributed by atoms with Gasteiger partial charge in [0.05, 0.1) is 6.04 Å². The maximum atomic E-state index is 12.2. The molecule has 0 aliphatic heterocycles. The highest BCUT2D eigenvalue weighted by Crippen LogP contribution is 2.22. The summed E-state index contributed by atoms with van der Waals surface area (Å²) < 4.78 is 5.54. The van der Waals surface area contributed by atoms with Crippen molar-refractivity contribution in [3.63, 3.8) is 0 Å². The Labute approximate surface area is 149 Å². The highest BCUT2D eigenvalue weighted by atomic mass is 35.5. The monoisotopic (exact) mass is 345 g/mol. The first-order valence-corrected chi connectivity index (χ1v) is 8.41. The largest absolute Gasteiger partial charge is 0.484 e. The van der Waals surface area contributed by atoms with Crippen molar-refractivity contribution in [2.75, 3.05) is 6.61 Å². The topological polar surface area (TPSA) is 38.3 Å². The van der Waals surface area contributed by atoms with E-state index in [1.165, 1.54) is 16.7 Å². The van der Waals surface area contributed by atoms with Gasteiger partial charge in [-0.3, -0.25) is 4.79 Å². The van der Waals surface area contributed by atoms with Crippen LogP contribution in [-0.2, 0) is 4.79 Å². The fraction of sp³-hybridized carbons (Fsp3) is 0.350. The van der Waals surface area contributed by atoms with Crippen molar-refractivity contribution in [2.45, 2.75) is 40.7 Å². The van der Waals surface area contributed by atoms with Gasteiger partial charge in [0.15, 0.2) is 6.61 Å². The van der Waals surface area contributed by atoms with E-state index < -0.39 is 0 Å². The highest BCUT2D eigenvalue weighted by Gasteiger charge is 2.13. The number of nitrogens with one attached hydrogen (secondary N) is 1. The van der Waals surface area contributed by atoms with E-state index in [-0.39, 0.29) is 18.6 Å². The number of aryl methyl sites for hydroxylation is 4. The van der Waals surface area contributed by atoms with E-state index >= 15 is 0 Å². The Morgan fingerprint density at radius 1 is 1.04 bits per heavy atom. The van der Waals surface area contributed by atoms with Crippen molar-refractivity contribution in [3.05, 3.63) is 63.2 Å². The number of rotatable bonds is 5. The first-order chi connectivity index (χ1) is 11.3. The Hall–Kier alpha value is -2.00. The van der Waals surface area contributed by atoms with E-state index in [4.69, 9.17) is 16.3 Å². The summed E-state index contributed by atoms with van der Waals surface area (Å²) in [5, 5.41) is 3.68. The molecule has 0 spiro atoms. The van der Waals surface area contributed by atoms with Crippen LogP contribution in [0.3, 0.4) is 0 Å². The van der Waals surface area contributed by atoms with Crippen LogP contribution < -0.4 is 10.1 Å². The predicted octanol–water partition coefficient (Wildman–Crippen LogP) is 4.83. The second-order valence-corrected chi connectivity index (χ2v) is 6.69. The zero-order valence-electron chi connectivity index (χ0n) is 14.9. The molecule has 0 aliphatic rings. The summed E-state index contributed by atoms with van der Waals surface area (Å²) in [5.74, 6) is 0.495. The van der Waals surface area contributed by atoms with Crippen LogP contribution in [0.5, 0.6) is 5.75 Å². The lowest BCUT2D eigenvalue weighted by molar-refractivity contribution is -0.123. The van der Waals surface area contributed by atoms with Crippen LogP contribution in [0, 0.1) is 27.7 Å². The van der Waals surface area contributed by atoms with Crippen LogP contribution in [0.2, 0.25) is 5.02 Å². The number of amides is 1. The van der Waals surface area contributed by atoms with Gasteiger partial charge in [0.2, 0.25) is 0 Å². The molecule has 1 unspecified atom stereocenters. The summed E-state index contributed by atoms with van der Waals surface area (Å²) in [6, 6.07) is 9.59. The number of ether oxygens (including phenoxy) is 1. The van der Waals surface area contributed by atoms with E-state index in [9.17, 15) is 4.79 Å². The third kappa shape index (κ3) is 4.51. The van der Waals surface area contributed by atoms with Crippen LogP contribution in [0.15, 0.2) is 30.3 Å². The van der Waals surface area contributed by atoms with Crippen LogP contribution >= 0.6 is 11.6 Å². The van der Waals surface area contributed by atoms with E-state index in [1.54, 1.807) is 12.1 Å². The molecule has 0 radical (unpaired) electrons. The molecule has 128 valence electrons. The molecule has 2 aromatic rings. The number of halogens is 1. The standard InChI is InChI=1S/C20H24ClNO2/c1-12-8-14(3)18(10-13(12)2)16(5)22-20(23)11-24-17-6-7-19(21)15(4)9-17/h6-10,16H,11H2,1-5H3,(H,22,23). The van der Waals surface area contributed by atoms with Crippen molar-refractivity contribution in [3.8, 4) is 5.75 Å². The van der Waals surface area contributed by atoms with Gasteiger partial charge in [-0.2, -0.15) is 0 Å². The van der Waals surface area contributed by atoms with Crippen molar-refractivity contribution < 1.29 is 9.53 Å². The maximum Gasteiger partial charge on any atom is 0.258 e. The SMILES string of the molecule is Cc1cc(C)c(C(C)NC(=O)COc2ccc(Cl)c(C)c2)cc1C. The third-order valence-corrected chi connectivity index (χ3v) is 4.65. The minimum absolute atomic E-state index is 0.0185. The minimum atomic E-state index is -0.146. The first kappa shape index (κ1) is 18.3. The number of hydrogen-bond donors (Lipinski definition) is 1. The highest BCUT2D eigenvalue weighted by molar-refractivity contribution is 6.31. The zero-order valence-corrected chi connectivity index (χ0v) is 15.6. The van der Waals surface area contributed by atoms with Gasteiger partial charge in [-0.25, -0.2) is 0 Å². The molecule has 2 aromatic carbocycles. The predicted molar refractivity (Wildman–Crippen MR) is 98.9 cm³/mol. The molecule has 0 aliphatic carbocycles. The normalized spacial score (nSPS) is 11.9. The lowest BCUT2D eigenvalue weighted by Gasteiger charge is -2.18. The van der Waals surface area contributed by atoms with Crippen molar-refractivity contribution in [1.29, 1.82) is 0 Å². The third-order valence-electron chi connectivity index (χ3n) is 4.23. The molecule has 1 N–H and O–H groups in total. The van der Waals surface area contributed by atoms with Gasteiger partial charge in [-0.15, -0.1) is 0 Å². The molecule has 0 aromatic heterocycles. The molecule has 0 saturated heterocycles. The molecular formula is C20H24ClNO2. The van der Waals surface area contributed by atoms with Gasteiger partial charge in [-0.05, 0) is 80.6 Å². The number of carbonyl (C=O) groups is 1. The summed E-state index contributed by atoms with van der Waals surface area (Å²) >= 11 is 5.98. The number of hydrogen-bond acceptors (Lipinski definition) is 2. The number of benzene rings is 2. The van der Waals surface area contributed by atoms with Crippen LogP contribution in [0.25, 0.3) is 0 Å². The summed E-state index contributed by atoms with van der Waals surface area (Å²) in [7, 11) is 0. The van der Waals surface area contributed by atoms with E-state index in [1.807, 2.05) is 19.9 Å². The zero-order chi connectivity index (χ0) is 17.9. The summed E-state index contributed by atoms with van der Waals surface area (Å²) in [6.45, 7) is 10.1. The fourth-order valence-electron chi connectivity index (χ4n) is 2.67. The first-order valence-electron chi connectivity index (χ1n) is 8.04. The van der Waals surface area contributed by atoms with E-state index in [0.29, 0.717) is 10.8 Å². The van der Waals surface area contributed by atoms with Crippen molar-refractivity contribution >= 4 is 17.5 Å². The lowest BCUT2D eigenvalue weighted by Crippen LogP contribution is -2.31. The molecule has 1 amide bonds. The molecule has 4 heteroatoms. The Morgan fingerprint density at radius 3 is 2.38 bits per heavy atom. The average Bonchev–Trinajstić information content (AvgIpc) is 2.52. The van der Waals surface area contributed by atoms with Crippen molar-refractivity contribution in [2.24, 2.45) is 0 Å². The van der Waals surface area contributed by atoms with E-state index in [2.05, 4.69) is 38.2 Å². The average molecular weight is 346 g/mol. The molecule has 2 rings (SSSR count). The van der Waals surface area contributed by atoms with Crippen LogP contribution in [-0.4, -0.2) is 12.5 Å². The Balaban J connectivity index is 1.96. The van der Waals surface area contributed by atoms with Gasteiger partial charge < -0.3 is 10.1 Å². The molecule has 0 fully saturated rings. The van der Waals surface area contributed by atoms with Gasteiger partial charge in [0, 0.05) is 5.02 Å². The number of carbonyl (C=O) groups excluding carboxylic acids is 1. The summed E-state index contributed by atoms with van der Waals surface area (Å²) in [4.78, 5) is 12.2. The van der Waals surface area contributed by atoms with Crippen LogP contribution in [0.1, 0.15) is 40.8 Å². The molecule has 3 nitrogen and oxygen atoms in total. The maximum absolute atomic E-state index is 12.2. The fourth-order valence-corrected chi connectivity index (χ4v) is 2.78. The van der Waals surface area contributed by atoms with Crippen molar-refractivity contribution in [1.82, 2.24) is 5.32 Å². The van der Waals surface area contributed by atoms with Gasteiger partial charge in [0.1, 0.15) is 5.75 Å². The molecular weight excluding hydrogens is 322 g/mol. The second kappa shape index (κ2) is 7.71. The van der Waals surface area contributed by atoms with Gasteiger partial charge in [-0.1, -0.05) is 23.7 Å². The minimum Gasteiger partial charge on any atom is -0.484 e. The van der Waals surface area contributed by atoms with Gasteiger partial charge >= 0.3 is 0 Å². The molecule has 24 heavy (non-hydrogen) atoms. The molecule has 0 bridgehead atoms. The smallest absolute Gasteiger partial charge is 0.258 e. The summed E-state index contributed by atoms with van der Waals surface area (Å²) in [6.07, 6.45) is 0. The molecule has 1 atom stereocenters. The van der Waals surface area contributed by atoms with E-state index in [0.717, 1.165) is 11.1 Å². The Bertz CT molecular complexity index is 756. The lowest BCUT2D eigenvalue weighted by atomic mass is 9.96. The Morgan fingerprint density at radius 2 is 1.71 bits per heavy atom. The van der Waals surface area contributed by atoms with Gasteiger partial charge in [0.25, 0.3) is 5.91 Å². The van der Waals surface area contributed by atoms with Crippen LogP contribution in [0.4, 0.5) is 0 Å². The quantitative estimate of drug-likeness (QED) is 0.842. The molecule has 0 heterocycles.